The van der Waals surface area contributed by atoms with Gasteiger partial charge in [0.2, 0.25) is 0 Å². The molecular formula is C24H22N2O2S2. The van der Waals surface area contributed by atoms with E-state index in [-0.39, 0.29) is 5.56 Å². The molecule has 2 heterocycles. The molecule has 0 unspecified atom stereocenters. The molecule has 0 aliphatic carbocycles. The summed E-state index contributed by atoms with van der Waals surface area (Å²) in [6.45, 7) is 6.83. The quantitative estimate of drug-likeness (QED) is 0.152. The number of benzene rings is 2. The fourth-order valence-corrected chi connectivity index (χ4v) is 4.97. The van der Waals surface area contributed by atoms with Crippen LogP contribution in [0.25, 0.3) is 21.3 Å². The summed E-state index contributed by atoms with van der Waals surface area (Å²) < 4.78 is 7.46. The molecule has 0 saturated carbocycles. The molecule has 152 valence electrons. The lowest BCUT2D eigenvalue weighted by molar-refractivity contribution is 0.344. The maximum Gasteiger partial charge on any atom is 0.263 e. The Balaban J connectivity index is 1.62. The molecule has 4 aromatic rings. The van der Waals surface area contributed by atoms with Crippen molar-refractivity contribution in [1.82, 2.24) is 9.55 Å². The number of thioether (sulfide) groups is 1. The van der Waals surface area contributed by atoms with Gasteiger partial charge >= 0.3 is 0 Å². The molecule has 0 N–H and O–H groups in total. The number of aryl methyl sites for hydroxylation is 1. The number of allylic oxidation sites excluding steroid dienone is 1. The van der Waals surface area contributed by atoms with E-state index in [9.17, 15) is 4.79 Å². The largest absolute Gasteiger partial charge is 0.493 e. The molecule has 6 heteroatoms. The first-order valence-corrected chi connectivity index (χ1v) is 11.5. The third-order valence-electron chi connectivity index (χ3n) is 4.66. The van der Waals surface area contributed by atoms with Crippen molar-refractivity contribution in [2.45, 2.75) is 18.6 Å². The van der Waals surface area contributed by atoms with Crippen LogP contribution in [0.4, 0.5) is 0 Å². The summed E-state index contributed by atoms with van der Waals surface area (Å²) in [5.74, 6) is 1.53. The predicted molar refractivity (Wildman–Crippen MR) is 127 cm³/mol. The van der Waals surface area contributed by atoms with E-state index in [1.165, 1.54) is 28.7 Å². The molecule has 0 radical (unpaired) electrons. The SMILES string of the molecule is C=CCn1c(SCCOc2ccccc2)nc2scc(-c3ccc(C)cc3)c2c1=O. The summed E-state index contributed by atoms with van der Waals surface area (Å²) >= 11 is 3.04. The molecule has 0 spiro atoms. The van der Waals surface area contributed by atoms with Crippen molar-refractivity contribution in [3.8, 4) is 16.9 Å². The van der Waals surface area contributed by atoms with Crippen LogP contribution in [-0.2, 0) is 6.54 Å². The van der Waals surface area contributed by atoms with Gasteiger partial charge in [0.1, 0.15) is 10.6 Å². The zero-order chi connectivity index (χ0) is 20.9. The van der Waals surface area contributed by atoms with Gasteiger partial charge in [-0.15, -0.1) is 17.9 Å². The number of hydrogen-bond donors (Lipinski definition) is 0. The van der Waals surface area contributed by atoms with Gasteiger partial charge in [-0.05, 0) is 24.6 Å². The lowest BCUT2D eigenvalue weighted by Gasteiger charge is -2.11. The second-order valence-electron chi connectivity index (χ2n) is 6.80. The zero-order valence-electron chi connectivity index (χ0n) is 16.7. The first-order chi connectivity index (χ1) is 14.7. The molecular weight excluding hydrogens is 412 g/mol. The molecule has 0 bridgehead atoms. The maximum atomic E-state index is 13.4. The summed E-state index contributed by atoms with van der Waals surface area (Å²) in [4.78, 5) is 18.9. The molecule has 0 fully saturated rings. The number of nitrogens with zero attached hydrogens (tertiary/aromatic N) is 2. The highest BCUT2D eigenvalue weighted by Gasteiger charge is 2.17. The number of aromatic nitrogens is 2. The molecule has 2 aromatic carbocycles. The fourth-order valence-electron chi connectivity index (χ4n) is 3.16. The molecule has 0 amide bonds. The third kappa shape index (κ3) is 4.35. The van der Waals surface area contributed by atoms with E-state index in [1.54, 1.807) is 10.6 Å². The van der Waals surface area contributed by atoms with Crippen LogP contribution >= 0.6 is 23.1 Å². The van der Waals surface area contributed by atoms with Crippen LogP contribution in [0, 0.1) is 6.92 Å². The Kier molecular flexibility index (Phi) is 6.35. The van der Waals surface area contributed by atoms with Gasteiger partial charge in [0.05, 0.1) is 12.0 Å². The first kappa shape index (κ1) is 20.4. The summed E-state index contributed by atoms with van der Waals surface area (Å²) in [6, 6.07) is 17.9. The lowest BCUT2D eigenvalue weighted by Crippen LogP contribution is -2.22. The van der Waals surface area contributed by atoms with Crippen molar-refractivity contribution in [2.75, 3.05) is 12.4 Å². The van der Waals surface area contributed by atoms with E-state index in [2.05, 4.69) is 37.8 Å². The molecule has 4 nitrogen and oxygen atoms in total. The average Bonchev–Trinajstić information content (AvgIpc) is 3.19. The van der Waals surface area contributed by atoms with Crippen molar-refractivity contribution >= 4 is 33.3 Å². The van der Waals surface area contributed by atoms with Gasteiger partial charge in [0.25, 0.3) is 5.56 Å². The molecule has 4 rings (SSSR count). The van der Waals surface area contributed by atoms with E-state index in [0.29, 0.717) is 29.4 Å². The molecule has 0 saturated heterocycles. The molecule has 0 aliphatic rings. The van der Waals surface area contributed by atoms with E-state index in [4.69, 9.17) is 9.72 Å². The van der Waals surface area contributed by atoms with Crippen molar-refractivity contribution in [1.29, 1.82) is 0 Å². The van der Waals surface area contributed by atoms with Crippen molar-refractivity contribution < 1.29 is 4.74 Å². The van der Waals surface area contributed by atoms with Crippen LogP contribution in [0.3, 0.4) is 0 Å². The Labute approximate surface area is 183 Å². The monoisotopic (exact) mass is 434 g/mol. The van der Waals surface area contributed by atoms with Gasteiger partial charge in [0, 0.05) is 23.2 Å². The second-order valence-corrected chi connectivity index (χ2v) is 8.72. The van der Waals surface area contributed by atoms with Crippen LogP contribution in [0.15, 0.2) is 82.6 Å². The van der Waals surface area contributed by atoms with E-state index in [1.807, 2.05) is 35.7 Å². The molecule has 0 aliphatic heterocycles. The standard InChI is InChI=1S/C24H22N2O2S2/c1-3-13-26-23(27)21-20(18-11-9-17(2)10-12-18)16-30-22(21)25-24(26)29-15-14-28-19-7-5-4-6-8-19/h3-12,16H,1,13-15H2,2H3. The number of hydrogen-bond acceptors (Lipinski definition) is 5. The third-order valence-corrected chi connectivity index (χ3v) is 6.47. The van der Waals surface area contributed by atoms with Crippen LogP contribution < -0.4 is 10.3 Å². The van der Waals surface area contributed by atoms with E-state index in [0.717, 1.165) is 21.7 Å². The number of fused-ring (bicyclic) bond motifs is 1. The predicted octanol–water partition coefficient (Wildman–Crippen LogP) is 5.79. The lowest BCUT2D eigenvalue weighted by atomic mass is 10.1. The van der Waals surface area contributed by atoms with Crippen molar-refractivity contribution in [2.24, 2.45) is 0 Å². The van der Waals surface area contributed by atoms with Crippen molar-refractivity contribution in [3.05, 3.63) is 88.5 Å². The van der Waals surface area contributed by atoms with Crippen LogP contribution in [0.2, 0.25) is 0 Å². The van der Waals surface area contributed by atoms with Gasteiger partial charge in [-0.25, -0.2) is 4.98 Å². The summed E-state index contributed by atoms with van der Waals surface area (Å²) in [7, 11) is 0. The fraction of sp³-hybridized carbons (Fsp3) is 0.167. The van der Waals surface area contributed by atoms with Crippen LogP contribution in [-0.4, -0.2) is 21.9 Å². The number of para-hydroxylation sites is 1. The highest BCUT2D eigenvalue weighted by Crippen LogP contribution is 2.32. The van der Waals surface area contributed by atoms with E-state index >= 15 is 0 Å². The van der Waals surface area contributed by atoms with Crippen LogP contribution in [0.1, 0.15) is 5.56 Å². The minimum atomic E-state index is -0.0248. The molecule has 0 atom stereocenters. The van der Waals surface area contributed by atoms with Crippen LogP contribution in [0.5, 0.6) is 5.75 Å². The maximum absolute atomic E-state index is 13.4. The highest BCUT2D eigenvalue weighted by atomic mass is 32.2. The zero-order valence-corrected chi connectivity index (χ0v) is 18.3. The minimum Gasteiger partial charge on any atom is -0.493 e. The number of thiophene rings is 1. The van der Waals surface area contributed by atoms with E-state index < -0.39 is 0 Å². The van der Waals surface area contributed by atoms with Gasteiger partial charge in [-0.3, -0.25) is 9.36 Å². The Hall–Kier alpha value is -2.83. The molecule has 2 aromatic heterocycles. The summed E-state index contributed by atoms with van der Waals surface area (Å²) in [6.07, 6.45) is 1.73. The number of ether oxygens (including phenoxy) is 1. The smallest absolute Gasteiger partial charge is 0.263 e. The average molecular weight is 435 g/mol. The Morgan fingerprint density at radius 2 is 1.93 bits per heavy atom. The van der Waals surface area contributed by atoms with Crippen molar-refractivity contribution in [3.63, 3.8) is 0 Å². The summed E-state index contributed by atoms with van der Waals surface area (Å²) in [5.41, 5.74) is 3.14. The second kappa shape index (κ2) is 9.32. The minimum absolute atomic E-state index is 0.0248. The van der Waals surface area contributed by atoms with Gasteiger partial charge in [0.15, 0.2) is 5.16 Å². The first-order valence-electron chi connectivity index (χ1n) is 9.68. The Morgan fingerprint density at radius 1 is 1.17 bits per heavy atom. The topological polar surface area (TPSA) is 44.1 Å². The van der Waals surface area contributed by atoms with Gasteiger partial charge < -0.3 is 4.74 Å². The summed E-state index contributed by atoms with van der Waals surface area (Å²) in [5, 5.41) is 3.39. The highest BCUT2D eigenvalue weighted by molar-refractivity contribution is 7.99. The van der Waals surface area contributed by atoms with Gasteiger partial charge in [-0.2, -0.15) is 0 Å². The van der Waals surface area contributed by atoms with Gasteiger partial charge in [-0.1, -0.05) is 65.9 Å². The Bertz CT molecular complexity index is 1210. The number of rotatable bonds is 8. The normalized spacial score (nSPS) is 11.0. The molecule has 30 heavy (non-hydrogen) atoms. The Morgan fingerprint density at radius 3 is 2.67 bits per heavy atom.